The molecule has 0 bridgehead atoms. The van der Waals surface area contributed by atoms with Gasteiger partial charge in [0.1, 0.15) is 0 Å². The zero-order valence-electron chi connectivity index (χ0n) is 5.83. The van der Waals surface area contributed by atoms with Crippen molar-refractivity contribution in [2.75, 3.05) is 19.2 Å². The van der Waals surface area contributed by atoms with Gasteiger partial charge in [-0.3, -0.25) is 19.8 Å². The molecule has 0 aromatic heterocycles. The van der Waals surface area contributed by atoms with E-state index in [2.05, 4.69) is 10.6 Å². The van der Waals surface area contributed by atoms with E-state index in [4.69, 9.17) is 9.79 Å². The molecule has 0 aromatic rings. The average Bonchev–Trinajstić information content (AvgIpc) is 1.85. The third-order valence-corrected chi connectivity index (χ3v) is 1.91. The molecule has 0 aliphatic rings. The molecule has 2 atom stereocenters. The first kappa shape index (κ1) is 11.3. The smallest absolute Gasteiger partial charge is 0.202 e. The Labute approximate surface area is 65.7 Å². The summed E-state index contributed by atoms with van der Waals surface area (Å²) < 4.78 is 20.2. The highest BCUT2D eigenvalue weighted by atomic mass is 31.1. The Kier molecular flexibility index (Phi) is 7.17. The van der Waals surface area contributed by atoms with Gasteiger partial charge in [0.15, 0.2) is 0 Å². The molecule has 0 amide bonds. The lowest BCUT2D eigenvalue weighted by atomic mass is 11.0. The summed E-state index contributed by atoms with van der Waals surface area (Å²) in [5, 5.41) is 5.16. The van der Waals surface area contributed by atoms with Crippen molar-refractivity contribution in [2.24, 2.45) is 0 Å². The third kappa shape index (κ3) is 10.3. The minimum atomic E-state index is -2.47. The molecule has 2 unspecified atom stereocenters. The number of nitrogens with one attached hydrogen (secondary N) is 2. The Balaban J connectivity index is 3.03. The molecular formula is C3H12N2O4P2. The van der Waals surface area contributed by atoms with Gasteiger partial charge in [-0.2, -0.15) is 0 Å². The highest BCUT2D eigenvalue weighted by Gasteiger charge is 1.92. The van der Waals surface area contributed by atoms with Gasteiger partial charge in [0.2, 0.25) is 16.1 Å². The van der Waals surface area contributed by atoms with E-state index in [1.165, 1.54) is 0 Å². The Morgan fingerprint density at radius 1 is 1.00 bits per heavy atom. The zero-order valence-corrected chi connectivity index (χ0v) is 7.83. The van der Waals surface area contributed by atoms with E-state index in [0.717, 1.165) is 0 Å². The molecule has 68 valence electrons. The van der Waals surface area contributed by atoms with Crippen molar-refractivity contribution < 1.29 is 18.9 Å². The monoisotopic (exact) mass is 202 g/mol. The van der Waals surface area contributed by atoms with E-state index in [0.29, 0.717) is 0 Å². The first-order chi connectivity index (χ1) is 5.13. The van der Waals surface area contributed by atoms with Crippen LogP contribution in [-0.2, 0) is 9.13 Å². The van der Waals surface area contributed by atoms with Crippen molar-refractivity contribution in [1.29, 1.82) is 0 Å². The van der Waals surface area contributed by atoms with Crippen LogP contribution in [0.3, 0.4) is 0 Å². The summed E-state index contributed by atoms with van der Waals surface area (Å²) in [4.78, 5) is 16.6. The molecule has 0 rings (SSSR count). The van der Waals surface area contributed by atoms with Crippen molar-refractivity contribution in [3.05, 3.63) is 0 Å². The van der Waals surface area contributed by atoms with Crippen LogP contribution in [0.25, 0.3) is 0 Å². The van der Waals surface area contributed by atoms with Crippen molar-refractivity contribution in [1.82, 2.24) is 10.6 Å². The van der Waals surface area contributed by atoms with Gasteiger partial charge in [0.05, 0.1) is 12.6 Å². The second kappa shape index (κ2) is 6.98. The largest absolute Gasteiger partial charge is 0.345 e. The normalized spacial score (nSPS) is 16.2. The van der Waals surface area contributed by atoms with E-state index in [1.54, 1.807) is 0 Å². The van der Waals surface area contributed by atoms with Gasteiger partial charge in [-0.05, 0) is 0 Å². The Hall–Kier alpha value is 0.300. The van der Waals surface area contributed by atoms with E-state index in [1.807, 2.05) is 0 Å². The number of rotatable bonds is 6. The van der Waals surface area contributed by atoms with Crippen LogP contribution in [0, 0.1) is 0 Å². The minimum absolute atomic E-state index is 0.0318. The zero-order chi connectivity index (χ0) is 8.69. The topological polar surface area (TPSA) is 98.7 Å². The van der Waals surface area contributed by atoms with E-state index >= 15 is 0 Å². The molecule has 0 aliphatic carbocycles. The molecule has 0 saturated carbocycles. The molecule has 0 fully saturated rings. The second-order valence-electron chi connectivity index (χ2n) is 1.82. The summed E-state index contributed by atoms with van der Waals surface area (Å²) in [5.74, 6) is 0. The van der Waals surface area contributed by atoms with Crippen LogP contribution in [0.15, 0.2) is 0 Å². The number of hydrogen-bond donors (Lipinski definition) is 4. The highest BCUT2D eigenvalue weighted by Crippen LogP contribution is 2.09. The Morgan fingerprint density at radius 2 is 1.36 bits per heavy atom. The van der Waals surface area contributed by atoms with Crippen LogP contribution in [0.5, 0.6) is 0 Å². The Bertz CT molecular complexity index is 136. The van der Waals surface area contributed by atoms with Crippen LogP contribution in [0.4, 0.5) is 0 Å². The summed E-state index contributed by atoms with van der Waals surface area (Å²) >= 11 is 0. The molecule has 0 heterocycles. The third-order valence-electron chi connectivity index (χ3n) is 0.802. The van der Waals surface area contributed by atoms with Gasteiger partial charge in [-0.1, -0.05) is 0 Å². The maximum Gasteiger partial charge on any atom is 0.202 e. The maximum absolute atomic E-state index is 10.1. The number of hydrogen-bond acceptors (Lipinski definition) is 4. The molecule has 0 spiro atoms. The molecular weight excluding hydrogens is 190 g/mol. The quantitative estimate of drug-likeness (QED) is 0.250. The first-order valence-corrected chi connectivity index (χ1v) is 6.10. The summed E-state index contributed by atoms with van der Waals surface area (Å²) in [5.41, 5.74) is 0. The van der Waals surface area contributed by atoms with Crippen LogP contribution in [0.2, 0.25) is 0 Å². The molecule has 0 radical (unpaired) electrons. The predicted octanol–water partition coefficient (Wildman–Crippen LogP) is -1.03. The lowest BCUT2D eigenvalue weighted by Crippen LogP contribution is -2.28. The predicted molar refractivity (Wildman–Crippen MR) is 43.3 cm³/mol. The summed E-state index contributed by atoms with van der Waals surface area (Å²) in [6.45, 7) is 0.272. The lowest BCUT2D eigenvalue weighted by molar-refractivity contribution is 0.489. The highest BCUT2D eigenvalue weighted by molar-refractivity contribution is 7.38. The van der Waals surface area contributed by atoms with Gasteiger partial charge in [-0.15, -0.1) is 0 Å². The van der Waals surface area contributed by atoms with E-state index in [-0.39, 0.29) is 19.2 Å². The van der Waals surface area contributed by atoms with Gasteiger partial charge in [-0.25, -0.2) is 0 Å². The molecule has 8 heteroatoms. The van der Waals surface area contributed by atoms with E-state index < -0.39 is 16.1 Å². The van der Waals surface area contributed by atoms with Crippen molar-refractivity contribution >= 4 is 16.1 Å². The molecule has 6 nitrogen and oxygen atoms in total. The maximum atomic E-state index is 10.1. The van der Waals surface area contributed by atoms with Crippen molar-refractivity contribution in [2.45, 2.75) is 0 Å². The molecule has 4 N–H and O–H groups in total. The van der Waals surface area contributed by atoms with Crippen LogP contribution in [-0.4, -0.2) is 29.0 Å². The molecule has 11 heavy (non-hydrogen) atoms. The second-order valence-corrected chi connectivity index (χ2v) is 4.10. The first-order valence-electron chi connectivity index (χ1n) is 2.98. The standard InChI is InChI=1S/C3H12N2O4P2/c6-10(7)2-4-1-5-3-11(8)9/h4-5,10-11H,1-3H2,(H,6,7)(H,8,9). The fourth-order valence-corrected chi connectivity index (χ4v) is 1.10. The van der Waals surface area contributed by atoms with Crippen molar-refractivity contribution in [3.63, 3.8) is 0 Å². The van der Waals surface area contributed by atoms with Crippen LogP contribution >= 0.6 is 16.1 Å². The summed E-state index contributed by atoms with van der Waals surface area (Å²) in [6, 6.07) is 0. The molecule has 0 aromatic carbocycles. The fourth-order valence-electron chi connectivity index (χ4n) is 0.427. The minimum Gasteiger partial charge on any atom is -0.345 e. The molecule has 0 aliphatic heterocycles. The summed E-state index contributed by atoms with van der Waals surface area (Å²) in [7, 11) is -4.94. The SMILES string of the molecule is O=[PH](O)CNCNC[PH](=O)O. The van der Waals surface area contributed by atoms with Gasteiger partial charge in [0, 0.05) is 6.67 Å². The molecule has 0 saturated heterocycles. The Morgan fingerprint density at radius 3 is 1.64 bits per heavy atom. The average molecular weight is 202 g/mol. The van der Waals surface area contributed by atoms with Gasteiger partial charge in [0.25, 0.3) is 0 Å². The van der Waals surface area contributed by atoms with Crippen LogP contribution in [0.1, 0.15) is 0 Å². The van der Waals surface area contributed by atoms with Crippen LogP contribution < -0.4 is 10.6 Å². The fraction of sp³-hybridized carbons (Fsp3) is 1.00. The lowest BCUT2D eigenvalue weighted by Gasteiger charge is -2.01. The van der Waals surface area contributed by atoms with Crippen molar-refractivity contribution in [3.8, 4) is 0 Å². The van der Waals surface area contributed by atoms with Gasteiger partial charge >= 0.3 is 0 Å². The van der Waals surface area contributed by atoms with E-state index in [9.17, 15) is 9.13 Å². The summed E-state index contributed by atoms with van der Waals surface area (Å²) in [6.07, 6.45) is 0.0635. The van der Waals surface area contributed by atoms with Gasteiger partial charge < -0.3 is 9.79 Å².